The highest BCUT2D eigenvalue weighted by Crippen LogP contribution is 2.35. The Balaban J connectivity index is 1.75. The maximum Gasteiger partial charge on any atom is 0.0619 e. The molecule has 1 saturated carbocycles. The van der Waals surface area contributed by atoms with Crippen molar-refractivity contribution in [3.05, 3.63) is 0 Å². The fourth-order valence-corrected chi connectivity index (χ4v) is 2.60. The molecule has 1 N–H and O–H groups in total. The lowest BCUT2D eigenvalue weighted by molar-refractivity contribution is 0.0351. The molecule has 0 radical (unpaired) electrons. The maximum atomic E-state index is 5.48. The van der Waals surface area contributed by atoms with E-state index in [1.807, 2.05) is 0 Å². The molecule has 2 rings (SSSR count). The second-order valence-corrected chi connectivity index (χ2v) is 5.27. The van der Waals surface area contributed by atoms with Crippen LogP contribution >= 0.6 is 0 Å². The Bertz CT molecular complexity index is 196. The summed E-state index contributed by atoms with van der Waals surface area (Å²) in [5.74, 6) is 0. The molecule has 3 nitrogen and oxygen atoms in total. The van der Waals surface area contributed by atoms with Crippen LogP contribution in [-0.4, -0.2) is 50.3 Å². The molecule has 1 aliphatic carbocycles. The molecule has 2 aliphatic rings. The van der Waals surface area contributed by atoms with Gasteiger partial charge in [0.2, 0.25) is 0 Å². The van der Waals surface area contributed by atoms with E-state index in [-0.39, 0.29) is 0 Å². The molecule has 3 heteroatoms. The molecule has 1 unspecified atom stereocenters. The number of ether oxygens (including phenoxy) is 1. The average molecular weight is 212 g/mol. The number of rotatable bonds is 4. The number of hydrogen-bond donors (Lipinski definition) is 1. The van der Waals surface area contributed by atoms with Gasteiger partial charge in [-0.15, -0.1) is 0 Å². The first-order chi connectivity index (χ1) is 7.23. The van der Waals surface area contributed by atoms with Crippen LogP contribution in [0.5, 0.6) is 0 Å². The van der Waals surface area contributed by atoms with Gasteiger partial charge in [-0.2, -0.15) is 0 Å². The molecule has 0 amide bonds. The van der Waals surface area contributed by atoms with Crippen LogP contribution in [0.25, 0.3) is 0 Å². The average Bonchev–Trinajstić information content (AvgIpc) is 2.17. The molecular weight excluding hydrogens is 188 g/mol. The Morgan fingerprint density at radius 3 is 2.60 bits per heavy atom. The summed E-state index contributed by atoms with van der Waals surface area (Å²) in [6.45, 7) is 2.99. The van der Waals surface area contributed by atoms with Crippen molar-refractivity contribution in [3.8, 4) is 0 Å². The first kappa shape index (κ1) is 11.4. The lowest BCUT2D eigenvalue weighted by Crippen LogP contribution is -2.58. The third-order valence-electron chi connectivity index (χ3n) is 4.11. The van der Waals surface area contributed by atoms with Gasteiger partial charge in [-0.25, -0.2) is 0 Å². The van der Waals surface area contributed by atoms with Crippen LogP contribution in [0.1, 0.15) is 32.1 Å². The molecule has 2 fully saturated rings. The number of hydrogen-bond acceptors (Lipinski definition) is 3. The van der Waals surface area contributed by atoms with Crippen LogP contribution in [0.2, 0.25) is 0 Å². The monoisotopic (exact) mass is 212 g/mol. The quantitative estimate of drug-likeness (QED) is 0.759. The van der Waals surface area contributed by atoms with E-state index in [9.17, 15) is 0 Å². The Morgan fingerprint density at radius 1 is 1.33 bits per heavy atom. The minimum atomic E-state index is 0.442. The molecule has 0 bridgehead atoms. The predicted octanol–water partition coefficient (Wildman–Crippen LogP) is 1.24. The van der Waals surface area contributed by atoms with Gasteiger partial charge in [0.15, 0.2) is 0 Å². The summed E-state index contributed by atoms with van der Waals surface area (Å²) >= 11 is 0. The van der Waals surface area contributed by atoms with Crippen molar-refractivity contribution in [3.63, 3.8) is 0 Å². The zero-order chi connectivity index (χ0) is 10.7. The molecule has 1 heterocycles. The molecule has 88 valence electrons. The maximum absolute atomic E-state index is 5.48. The van der Waals surface area contributed by atoms with Crippen LogP contribution in [0, 0.1) is 0 Å². The predicted molar refractivity (Wildman–Crippen MR) is 62.1 cm³/mol. The zero-order valence-electron chi connectivity index (χ0n) is 10.1. The normalized spacial score (nSPS) is 30.2. The van der Waals surface area contributed by atoms with Crippen LogP contribution in [0.4, 0.5) is 0 Å². The van der Waals surface area contributed by atoms with Crippen LogP contribution in [0.3, 0.4) is 0 Å². The standard InChI is InChI=1S/C12H24N2O/c1-14(2)12(6-4-7-12)10-13-11-5-3-8-15-9-11/h11,13H,3-10H2,1-2H3. The summed E-state index contributed by atoms with van der Waals surface area (Å²) in [6, 6.07) is 0.594. The van der Waals surface area contributed by atoms with Crippen molar-refractivity contribution in [2.75, 3.05) is 33.9 Å². The van der Waals surface area contributed by atoms with Gasteiger partial charge in [0.25, 0.3) is 0 Å². The van der Waals surface area contributed by atoms with E-state index in [0.29, 0.717) is 11.6 Å². The highest BCUT2D eigenvalue weighted by Gasteiger charge is 2.39. The molecule has 1 aliphatic heterocycles. The summed E-state index contributed by atoms with van der Waals surface area (Å²) in [7, 11) is 4.41. The molecular formula is C12H24N2O. The first-order valence-electron chi connectivity index (χ1n) is 6.21. The number of nitrogens with zero attached hydrogens (tertiary/aromatic N) is 1. The first-order valence-corrected chi connectivity index (χ1v) is 6.21. The van der Waals surface area contributed by atoms with Crippen molar-refractivity contribution >= 4 is 0 Å². The van der Waals surface area contributed by atoms with Crippen molar-refractivity contribution in [2.24, 2.45) is 0 Å². The summed E-state index contributed by atoms with van der Waals surface area (Å²) in [5, 5.41) is 3.68. The van der Waals surface area contributed by atoms with Gasteiger partial charge in [0.1, 0.15) is 0 Å². The third kappa shape index (κ3) is 2.52. The summed E-state index contributed by atoms with van der Waals surface area (Å²) in [5.41, 5.74) is 0.442. The Kier molecular flexibility index (Phi) is 3.65. The highest BCUT2D eigenvalue weighted by atomic mass is 16.5. The lowest BCUT2D eigenvalue weighted by Gasteiger charge is -2.48. The van der Waals surface area contributed by atoms with Crippen LogP contribution in [-0.2, 0) is 4.74 Å². The summed E-state index contributed by atoms with van der Waals surface area (Å²) < 4.78 is 5.48. The molecule has 0 aromatic heterocycles. The minimum Gasteiger partial charge on any atom is -0.380 e. The van der Waals surface area contributed by atoms with E-state index in [0.717, 1.165) is 19.8 Å². The lowest BCUT2D eigenvalue weighted by atomic mass is 9.75. The Morgan fingerprint density at radius 2 is 2.13 bits per heavy atom. The highest BCUT2D eigenvalue weighted by molar-refractivity contribution is 4.98. The summed E-state index contributed by atoms with van der Waals surface area (Å²) in [6.07, 6.45) is 6.58. The zero-order valence-corrected chi connectivity index (χ0v) is 10.1. The largest absolute Gasteiger partial charge is 0.380 e. The van der Waals surface area contributed by atoms with E-state index in [2.05, 4.69) is 24.3 Å². The molecule has 0 aromatic carbocycles. The van der Waals surface area contributed by atoms with Crippen LogP contribution in [0.15, 0.2) is 0 Å². The van der Waals surface area contributed by atoms with Gasteiger partial charge in [-0.05, 0) is 46.2 Å². The smallest absolute Gasteiger partial charge is 0.0619 e. The van der Waals surface area contributed by atoms with Gasteiger partial charge in [0, 0.05) is 24.7 Å². The number of nitrogens with one attached hydrogen (secondary N) is 1. The summed E-state index contributed by atoms with van der Waals surface area (Å²) in [4.78, 5) is 2.40. The van der Waals surface area contributed by atoms with E-state index < -0.39 is 0 Å². The van der Waals surface area contributed by atoms with Crippen LogP contribution < -0.4 is 5.32 Å². The van der Waals surface area contributed by atoms with E-state index in [1.54, 1.807) is 0 Å². The molecule has 0 spiro atoms. The van der Waals surface area contributed by atoms with Crippen molar-refractivity contribution in [2.45, 2.75) is 43.7 Å². The SMILES string of the molecule is CN(C)C1(CNC2CCCOC2)CCC1. The van der Waals surface area contributed by atoms with Crippen molar-refractivity contribution in [1.82, 2.24) is 10.2 Å². The van der Waals surface area contributed by atoms with Crippen molar-refractivity contribution < 1.29 is 4.74 Å². The van der Waals surface area contributed by atoms with E-state index in [4.69, 9.17) is 4.74 Å². The number of likely N-dealkylation sites (N-methyl/N-ethyl adjacent to an activating group) is 1. The fraction of sp³-hybridized carbons (Fsp3) is 1.00. The molecule has 1 atom stereocenters. The van der Waals surface area contributed by atoms with Gasteiger partial charge < -0.3 is 15.0 Å². The minimum absolute atomic E-state index is 0.442. The Labute approximate surface area is 93.2 Å². The molecule has 15 heavy (non-hydrogen) atoms. The van der Waals surface area contributed by atoms with Gasteiger partial charge in [-0.3, -0.25) is 0 Å². The second-order valence-electron chi connectivity index (χ2n) is 5.27. The second kappa shape index (κ2) is 4.81. The Hall–Kier alpha value is -0.120. The topological polar surface area (TPSA) is 24.5 Å². The fourth-order valence-electron chi connectivity index (χ4n) is 2.60. The molecule has 1 saturated heterocycles. The van der Waals surface area contributed by atoms with Gasteiger partial charge in [-0.1, -0.05) is 0 Å². The van der Waals surface area contributed by atoms with E-state index in [1.165, 1.54) is 32.1 Å². The van der Waals surface area contributed by atoms with Gasteiger partial charge >= 0.3 is 0 Å². The van der Waals surface area contributed by atoms with E-state index >= 15 is 0 Å². The van der Waals surface area contributed by atoms with Gasteiger partial charge in [0.05, 0.1) is 6.61 Å². The third-order valence-corrected chi connectivity index (χ3v) is 4.11. The molecule has 0 aromatic rings. The van der Waals surface area contributed by atoms with Crippen molar-refractivity contribution in [1.29, 1.82) is 0 Å².